The topological polar surface area (TPSA) is 73.3 Å². The van der Waals surface area contributed by atoms with Crippen LogP contribution in [0.4, 0.5) is 5.69 Å². The molecule has 1 aliphatic heterocycles. The maximum Gasteiger partial charge on any atom is 0.269 e. The molecule has 0 fully saturated rings. The standard InChI is InChI=1S/C16H19N3O3S/c1-4-11-15(23-19-18-11)16(20)17-12-8-13-10(6-9(3)22-13)7-14(12)21-5-2/h7-9H,4-6H2,1-3H3,(H,17,20). The molecule has 1 atom stereocenters. The van der Waals surface area contributed by atoms with Gasteiger partial charge in [0.2, 0.25) is 0 Å². The van der Waals surface area contributed by atoms with E-state index >= 15 is 0 Å². The molecule has 2 heterocycles. The van der Waals surface area contributed by atoms with Gasteiger partial charge in [-0.1, -0.05) is 11.4 Å². The lowest BCUT2D eigenvalue weighted by molar-refractivity contribution is 0.102. The molecule has 2 aromatic rings. The van der Waals surface area contributed by atoms with E-state index in [4.69, 9.17) is 9.47 Å². The van der Waals surface area contributed by atoms with Gasteiger partial charge in [-0.15, -0.1) is 5.10 Å². The van der Waals surface area contributed by atoms with Crippen molar-refractivity contribution in [3.8, 4) is 11.5 Å². The van der Waals surface area contributed by atoms with E-state index < -0.39 is 0 Å². The summed E-state index contributed by atoms with van der Waals surface area (Å²) in [5.74, 6) is 1.24. The fourth-order valence-electron chi connectivity index (χ4n) is 2.60. The van der Waals surface area contributed by atoms with Crippen LogP contribution in [-0.2, 0) is 12.8 Å². The number of rotatable bonds is 5. The SMILES string of the molecule is CCOc1cc2c(cc1NC(=O)c1snnc1CC)OC(C)C2. The molecular weight excluding hydrogens is 314 g/mol. The Morgan fingerprint density at radius 3 is 3.04 bits per heavy atom. The summed E-state index contributed by atoms with van der Waals surface area (Å²) in [6.07, 6.45) is 1.66. The lowest BCUT2D eigenvalue weighted by atomic mass is 10.1. The smallest absolute Gasteiger partial charge is 0.269 e. The first-order valence-corrected chi connectivity index (χ1v) is 8.48. The Labute approximate surface area is 139 Å². The Bertz CT molecular complexity index is 729. The second-order valence-electron chi connectivity index (χ2n) is 5.38. The van der Waals surface area contributed by atoms with E-state index in [0.29, 0.717) is 35.0 Å². The first-order valence-electron chi connectivity index (χ1n) is 7.71. The van der Waals surface area contributed by atoms with E-state index in [2.05, 4.69) is 14.9 Å². The molecule has 7 heteroatoms. The number of benzene rings is 1. The average Bonchev–Trinajstić information content (AvgIpc) is 3.12. The van der Waals surface area contributed by atoms with Crippen molar-refractivity contribution < 1.29 is 14.3 Å². The van der Waals surface area contributed by atoms with Gasteiger partial charge in [-0.25, -0.2) is 0 Å². The molecular formula is C16H19N3O3S. The van der Waals surface area contributed by atoms with Crippen molar-refractivity contribution in [2.45, 2.75) is 39.7 Å². The van der Waals surface area contributed by atoms with Crippen LogP contribution in [0.3, 0.4) is 0 Å². The van der Waals surface area contributed by atoms with Gasteiger partial charge in [-0.3, -0.25) is 4.79 Å². The zero-order valence-electron chi connectivity index (χ0n) is 13.4. The summed E-state index contributed by atoms with van der Waals surface area (Å²) in [5, 5.41) is 6.88. The molecule has 1 aromatic heterocycles. The molecule has 1 amide bonds. The van der Waals surface area contributed by atoms with Gasteiger partial charge in [0.1, 0.15) is 22.5 Å². The molecule has 0 saturated heterocycles. The normalized spacial score (nSPS) is 15.9. The summed E-state index contributed by atoms with van der Waals surface area (Å²) in [4.78, 5) is 13.0. The van der Waals surface area contributed by atoms with Crippen molar-refractivity contribution in [2.75, 3.05) is 11.9 Å². The molecule has 0 radical (unpaired) electrons. The van der Waals surface area contributed by atoms with Gasteiger partial charge in [0.25, 0.3) is 5.91 Å². The van der Waals surface area contributed by atoms with Crippen LogP contribution in [-0.4, -0.2) is 28.2 Å². The number of carbonyl (C=O) groups excluding carboxylic acids is 1. The number of nitrogens with zero attached hydrogens (tertiary/aromatic N) is 2. The molecule has 1 N–H and O–H groups in total. The maximum absolute atomic E-state index is 12.5. The number of hydrogen-bond acceptors (Lipinski definition) is 6. The summed E-state index contributed by atoms with van der Waals surface area (Å²) in [5.41, 5.74) is 2.42. The predicted octanol–water partition coefficient (Wildman–Crippen LogP) is 3.07. The summed E-state index contributed by atoms with van der Waals surface area (Å²) in [6.45, 7) is 6.42. The molecule has 0 saturated carbocycles. The molecule has 6 nitrogen and oxygen atoms in total. The third kappa shape index (κ3) is 3.14. The Hall–Kier alpha value is -2.15. The van der Waals surface area contributed by atoms with Crippen LogP contribution in [0.2, 0.25) is 0 Å². The maximum atomic E-state index is 12.5. The van der Waals surface area contributed by atoms with E-state index in [-0.39, 0.29) is 12.0 Å². The molecule has 23 heavy (non-hydrogen) atoms. The minimum atomic E-state index is -0.219. The van der Waals surface area contributed by atoms with Crippen molar-refractivity contribution in [1.29, 1.82) is 0 Å². The zero-order valence-corrected chi connectivity index (χ0v) is 14.2. The number of aryl methyl sites for hydroxylation is 1. The molecule has 0 aliphatic carbocycles. The number of anilines is 1. The number of fused-ring (bicyclic) bond motifs is 1. The van der Waals surface area contributed by atoms with E-state index in [1.807, 2.05) is 32.9 Å². The minimum Gasteiger partial charge on any atom is -0.492 e. The highest BCUT2D eigenvalue weighted by molar-refractivity contribution is 7.08. The second kappa shape index (κ2) is 6.54. The van der Waals surface area contributed by atoms with Crippen molar-refractivity contribution in [3.63, 3.8) is 0 Å². The highest BCUT2D eigenvalue weighted by Gasteiger charge is 2.23. The Kier molecular flexibility index (Phi) is 4.47. The molecule has 0 spiro atoms. The number of ether oxygens (including phenoxy) is 2. The zero-order chi connectivity index (χ0) is 16.4. The van der Waals surface area contributed by atoms with Crippen molar-refractivity contribution >= 4 is 23.1 Å². The van der Waals surface area contributed by atoms with Crippen LogP contribution >= 0.6 is 11.5 Å². The van der Waals surface area contributed by atoms with Crippen LogP contribution in [0.1, 0.15) is 41.7 Å². The fourth-order valence-corrected chi connectivity index (χ4v) is 3.25. The van der Waals surface area contributed by atoms with Crippen molar-refractivity contribution in [1.82, 2.24) is 9.59 Å². The molecule has 1 aromatic carbocycles. The fraction of sp³-hybridized carbons (Fsp3) is 0.438. The molecule has 122 valence electrons. The summed E-state index contributed by atoms with van der Waals surface area (Å²) >= 11 is 1.10. The number of nitrogens with one attached hydrogen (secondary N) is 1. The minimum absolute atomic E-state index is 0.141. The van der Waals surface area contributed by atoms with Crippen LogP contribution in [0.15, 0.2) is 12.1 Å². The quantitative estimate of drug-likeness (QED) is 0.910. The summed E-state index contributed by atoms with van der Waals surface area (Å²) in [7, 11) is 0. The van der Waals surface area contributed by atoms with Crippen LogP contribution in [0, 0.1) is 0 Å². The summed E-state index contributed by atoms with van der Waals surface area (Å²) < 4.78 is 15.3. The van der Waals surface area contributed by atoms with E-state index in [1.165, 1.54) is 0 Å². The number of aromatic nitrogens is 2. The first kappa shape index (κ1) is 15.7. The predicted molar refractivity (Wildman–Crippen MR) is 88.6 cm³/mol. The van der Waals surface area contributed by atoms with Gasteiger partial charge < -0.3 is 14.8 Å². The lowest BCUT2D eigenvalue weighted by Crippen LogP contribution is -2.13. The molecule has 3 rings (SSSR count). The molecule has 0 bridgehead atoms. The van der Waals surface area contributed by atoms with Gasteiger partial charge in [-0.2, -0.15) is 0 Å². The van der Waals surface area contributed by atoms with Crippen molar-refractivity contribution in [2.24, 2.45) is 0 Å². The first-order chi connectivity index (χ1) is 11.1. The second-order valence-corrected chi connectivity index (χ2v) is 6.13. The van der Waals surface area contributed by atoms with E-state index in [0.717, 1.165) is 29.3 Å². The van der Waals surface area contributed by atoms with Gasteiger partial charge in [-0.05, 0) is 37.9 Å². The number of carbonyl (C=O) groups is 1. The van der Waals surface area contributed by atoms with Gasteiger partial charge >= 0.3 is 0 Å². The van der Waals surface area contributed by atoms with Gasteiger partial charge in [0, 0.05) is 18.1 Å². The van der Waals surface area contributed by atoms with Crippen LogP contribution in [0.25, 0.3) is 0 Å². The third-order valence-corrected chi connectivity index (χ3v) is 4.41. The van der Waals surface area contributed by atoms with Crippen molar-refractivity contribution in [3.05, 3.63) is 28.3 Å². The van der Waals surface area contributed by atoms with Gasteiger partial charge in [0.05, 0.1) is 18.0 Å². The Morgan fingerprint density at radius 2 is 2.30 bits per heavy atom. The Balaban J connectivity index is 1.90. The average molecular weight is 333 g/mol. The molecule has 1 aliphatic rings. The largest absolute Gasteiger partial charge is 0.492 e. The lowest BCUT2D eigenvalue weighted by Gasteiger charge is -2.13. The molecule has 1 unspecified atom stereocenters. The van der Waals surface area contributed by atoms with E-state index in [1.54, 1.807) is 0 Å². The highest BCUT2D eigenvalue weighted by atomic mass is 32.1. The van der Waals surface area contributed by atoms with Gasteiger partial charge in [0.15, 0.2) is 0 Å². The van der Waals surface area contributed by atoms with E-state index in [9.17, 15) is 4.79 Å². The Morgan fingerprint density at radius 1 is 1.48 bits per heavy atom. The number of hydrogen-bond donors (Lipinski definition) is 1. The monoisotopic (exact) mass is 333 g/mol. The highest BCUT2D eigenvalue weighted by Crippen LogP contribution is 2.38. The summed E-state index contributed by atoms with van der Waals surface area (Å²) in [6, 6.07) is 3.78. The third-order valence-electron chi connectivity index (χ3n) is 3.64. The van der Waals surface area contributed by atoms with Crippen LogP contribution in [0.5, 0.6) is 11.5 Å². The van der Waals surface area contributed by atoms with Crippen LogP contribution < -0.4 is 14.8 Å². The number of amides is 1.